The second-order valence-electron chi connectivity index (χ2n) is 7.48. The molecular formula is C25H24ClFN4O4. The fourth-order valence-corrected chi connectivity index (χ4v) is 3.06. The molecule has 3 aromatic rings. The third kappa shape index (κ3) is 8.01. The van der Waals surface area contributed by atoms with Gasteiger partial charge in [0.15, 0.2) is 13.2 Å². The van der Waals surface area contributed by atoms with Crippen LogP contribution in [0.25, 0.3) is 0 Å². The Kier molecular flexibility index (Phi) is 9.02. The highest BCUT2D eigenvalue weighted by atomic mass is 35.5. The van der Waals surface area contributed by atoms with Crippen LogP contribution in [0.5, 0.6) is 11.5 Å². The number of anilines is 2. The molecule has 0 aliphatic carbocycles. The summed E-state index contributed by atoms with van der Waals surface area (Å²) < 4.78 is 24.5. The Hall–Kier alpha value is -4.11. The number of para-hydroxylation sites is 1. The first-order chi connectivity index (χ1) is 16.8. The zero-order valence-corrected chi connectivity index (χ0v) is 19.9. The summed E-state index contributed by atoms with van der Waals surface area (Å²) in [5, 5.41) is 6.55. The zero-order chi connectivity index (χ0) is 25.2. The molecule has 0 radical (unpaired) electrons. The van der Waals surface area contributed by atoms with E-state index in [4.69, 9.17) is 21.1 Å². The van der Waals surface area contributed by atoms with Crippen LogP contribution in [0.1, 0.15) is 5.56 Å². The minimum atomic E-state index is -0.542. The van der Waals surface area contributed by atoms with Crippen LogP contribution >= 0.6 is 11.6 Å². The molecule has 0 aromatic heterocycles. The van der Waals surface area contributed by atoms with Crippen molar-refractivity contribution >= 4 is 41.0 Å². The normalized spacial score (nSPS) is 10.6. The lowest BCUT2D eigenvalue weighted by atomic mass is 10.2. The molecule has 2 N–H and O–H groups in total. The number of nitrogens with zero attached hydrogens (tertiary/aromatic N) is 2. The minimum Gasteiger partial charge on any atom is -0.484 e. The van der Waals surface area contributed by atoms with Crippen molar-refractivity contribution in [2.75, 3.05) is 37.5 Å². The molecule has 0 aliphatic rings. The van der Waals surface area contributed by atoms with Crippen molar-refractivity contribution < 1.29 is 23.5 Å². The minimum absolute atomic E-state index is 0.0632. The van der Waals surface area contributed by atoms with Crippen LogP contribution in [0.15, 0.2) is 71.8 Å². The van der Waals surface area contributed by atoms with Gasteiger partial charge in [-0.1, -0.05) is 29.8 Å². The van der Waals surface area contributed by atoms with E-state index < -0.39 is 17.6 Å². The molecule has 2 amide bonds. The molecule has 35 heavy (non-hydrogen) atoms. The van der Waals surface area contributed by atoms with Crippen molar-refractivity contribution in [1.82, 2.24) is 5.43 Å². The third-order valence-corrected chi connectivity index (χ3v) is 4.86. The standard InChI is InChI=1S/C25H24ClFN4O4/c1-31(2)18-6-5-7-19(13-18)34-16-25(33)30-28-14-17-10-11-23(20(26)12-17)35-15-24(32)29-22-9-4-3-8-21(22)27/h3-14H,15-16H2,1-2H3,(H,29,32)(H,30,33)/b28-14+. The second-order valence-corrected chi connectivity index (χ2v) is 7.89. The van der Waals surface area contributed by atoms with Gasteiger partial charge in [0.1, 0.15) is 17.3 Å². The van der Waals surface area contributed by atoms with Gasteiger partial charge in [-0.3, -0.25) is 9.59 Å². The van der Waals surface area contributed by atoms with Crippen molar-refractivity contribution in [3.63, 3.8) is 0 Å². The summed E-state index contributed by atoms with van der Waals surface area (Å²) in [5.74, 6) is -0.663. The van der Waals surface area contributed by atoms with E-state index in [1.54, 1.807) is 30.3 Å². The lowest BCUT2D eigenvalue weighted by Crippen LogP contribution is -2.24. The van der Waals surface area contributed by atoms with Crippen LogP contribution < -0.4 is 25.1 Å². The molecule has 0 saturated carbocycles. The van der Waals surface area contributed by atoms with E-state index in [1.807, 2.05) is 37.2 Å². The van der Waals surface area contributed by atoms with Crippen molar-refractivity contribution in [3.8, 4) is 11.5 Å². The number of nitrogens with one attached hydrogen (secondary N) is 2. The topological polar surface area (TPSA) is 92.3 Å². The van der Waals surface area contributed by atoms with Crippen LogP contribution in [-0.2, 0) is 9.59 Å². The highest BCUT2D eigenvalue weighted by molar-refractivity contribution is 6.32. The number of amides is 2. The Labute approximate surface area is 207 Å². The third-order valence-electron chi connectivity index (χ3n) is 4.57. The Morgan fingerprint density at radius 3 is 2.51 bits per heavy atom. The highest BCUT2D eigenvalue weighted by Crippen LogP contribution is 2.25. The first-order valence-corrected chi connectivity index (χ1v) is 10.9. The summed E-state index contributed by atoms with van der Waals surface area (Å²) >= 11 is 6.20. The molecule has 0 fully saturated rings. The number of carbonyl (C=O) groups is 2. The molecule has 0 heterocycles. The summed E-state index contributed by atoms with van der Waals surface area (Å²) in [6.07, 6.45) is 1.41. The van der Waals surface area contributed by atoms with E-state index in [-0.39, 0.29) is 29.7 Å². The summed E-state index contributed by atoms with van der Waals surface area (Å²) in [7, 11) is 3.83. The van der Waals surface area contributed by atoms with Crippen LogP contribution in [0.2, 0.25) is 5.02 Å². The van der Waals surface area contributed by atoms with Gasteiger partial charge in [0.05, 0.1) is 16.9 Å². The zero-order valence-electron chi connectivity index (χ0n) is 19.1. The molecule has 8 nitrogen and oxygen atoms in total. The fraction of sp³-hybridized carbons (Fsp3) is 0.160. The molecule has 0 unspecified atom stereocenters. The van der Waals surface area contributed by atoms with Gasteiger partial charge in [0.2, 0.25) is 0 Å². The number of ether oxygens (including phenoxy) is 2. The number of carbonyl (C=O) groups excluding carboxylic acids is 2. The second kappa shape index (κ2) is 12.4. The largest absolute Gasteiger partial charge is 0.484 e. The van der Waals surface area contributed by atoms with Crippen molar-refractivity contribution in [2.24, 2.45) is 5.10 Å². The predicted molar refractivity (Wildman–Crippen MR) is 134 cm³/mol. The SMILES string of the molecule is CN(C)c1cccc(OCC(=O)N/N=C/c2ccc(OCC(=O)Nc3ccccc3F)c(Cl)c2)c1. The Balaban J connectivity index is 1.45. The van der Waals surface area contributed by atoms with Gasteiger partial charge in [-0.15, -0.1) is 0 Å². The first-order valence-electron chi connectivity index (χ1n) is 10.5. The van der Waals surface area contributed by atoms with Gasteiger partial charge in [0.25, 0.3) is 11.8 Å². The lowest BCUT2D eigenvalue weighted by molar-refractivity contribution is -0.123. The summed E-state index contributed by atoms with van der Waals surface area (Å²) in [4.78, 5) is 25.9. The van der Waals surface area contributed by atoms with Crippen LogP contribution in [0, 0.1) is 5.82 Å². The van der Waals surface area contributed by atoms with Crippen molar-refractivity contribution in [1.29, 1.82) is 0 Å². The lowest BCUT2D eigenvalue weighted by Gasteiger charge is -2.13. The number of hydrogen-bond acceptors (Lipinski definition) is 6. The number of benzene rings is 3. The van der Waals surface area contributed by atoms with Gasteiger partial charge in [-0.25, -0.2) is 9.82 Å². The van der Waals surface area contributed by atoms with Crippen molar-refractivity contribution in [3.05, 3.63) is 83.1 Å². The number of rotatable bonds is 10. The average molecular weight is 499 g/mol. The van der Waals surface area contributed by atoms with Crippen molar-refractivity contribution in [2.45, 2.75) is 0 Å². The van der Waals surface area contributed by atoms with E-state index in [2.05, 4.69) is 15.8 Å². The van der Waals surface area contributed by atoms with E-state index >= 15 is 0 Å². The van der Waals surface area contributed by atoms with Gasteiger partial charge in [-0.05, 0) is 48.0 Å². The highest BCUT2D eigenvalue weighted by Gasteiger charge is 2.09. The molecule has 0 bridgehead atoms. The van der Waals surface area contributed by atoms with Crippen LogP contribution in [0.4, 0.5) is 15.8 Å². The Morgan fingerprint density at radius 1 is 1.00 bits per heavy atom. The summed E-state index contributed by atoms with van der Waals surface area (Å²) in [6.45, 7) is -0.550. The van der Waals surface area contributed by atoms with Gasteiger partial charge in [-0.2, -0.15) is 5.10 Å². The maximum absolute atomic E-state index is 13.6. The number of hydrogen-bond donors (Lipinski definition) is 2. The molecule has 182 valence electrons. The first kappa shape index (κ1) is 25.5. The number of hydrazone groups is 1. The van der Waals surface area contributed by atoms with E-state index in [1.165, 1.54) is 24.4 Å². The van der Waals surface area contributed by atoms with E-state index in [0.29, 0.717) is 11.3 Å². The molecular weight excluding hydrogens is 475 g/mol. The molecule has 3 aromatic carbocycles. The predicted octanol–water partition coefficient (Wildman–Crippen LogP) is 4.09. The molecule has 0 aliphatic heterocycles. The number of halogens is 2. The fourth-order valence-electron chi connectivity index (χ4n) is 2.82. The molecule has 0 saturated heterocycles. The molecule has 0 atom stereocenters. The quantitative estimate of drug-likeness (QED) is 0.324. The van der Waals surface area contributed by atoms with Crippen LogP contribution in [0.3, 0.4) is 0 Å². The van der Waals surface area contributed by atoms with Gasteiger partial charge < -0.3 is 19.7 Å². The Morgan fingerprint density at radius 2 is 1.77 bits per heavy atom. The smallest absolute Gasteiger partial charge is 0.277 e. The summed E-state index contributed by atoms with van der Waals surface area (Å²) in [5.41, 5.74) is 3.99. The maximum atomic E-state index is 13.6. The van der Waals surface area contributed by atoms with Crippen LogP contribution in [-0.4, -0.2) is 45.3 Å². The molecule has 0 spiro atoms. The molecule has 10 heteroatoms. The monoisotopic (exact) mass is 498 g/mol. The van der Waals surface area contributed by atoms with Gasteiger partial charge in [0, 0.05) is 25.8 Å². The van der Waals surface area contributed by atoms with E-state index in [9.17, 15) is 14.0 Å². The van der Waals surface area contributed by atoms with Gasteiger partial charge >= 0.3 is 0 Å². The average Bonchev–Trinajstić information content (AvgIpc) is 2.84. The van der Waals surface area contributed by atoms with E-state index in [0.717, 1.165) is 5.69 Å². The molecule has 3 rings (SSSR count). The maximum Gasteiger partial charge on any atom is 0.277 e. The Bertz CT molecular complexity index is 1220. The summed E-state index contributed by atoms with van der Waals surface area (Å²) in [6, 6.07) is 17.9.